The number of aromatic hydroxyl groups is 1. The van der Waals surface area contributed by atoms with Gasteiger partial charge in [-0.3, -0.25) is 4.90 Å². The van der Waals surface area contributed by atoms with Crippen LogP contribution in [0.3, 0.4) is 0 Å². The zero-order valence-corrected chi connectivity index (χ0v) is 24.1. The second-order valence-corrected chi connectivity index (χ2v) is 12.5. The van der Waals surface area contributed by atoms with Gasteiger partial charge < -0.3 is 24.4 Å². The van der Waals surface area contributed by atoms with Crippen molar-refractivity contribution in [3.05, 3.63) is 47.5 Å². The number of β-amino-alcohol motifs (C(OH)–C–C–N with tert-alkyl or cyclic N) is 1. The molecule has 224 valence electrons. The van der Waals surface area contributed by atoms with Crippen LogP contribution in [0, 0.1) is 18.2 Å². The Morgan fingerprint density at radius 1 is 1.19 bits per heavy atom. The third-order valence-corrected chi connectivity index (χ3v) is 9.23. The van der Waals surface area contributed by atoms with E-state index in [4.69, 9.17) is 21.1 Å². The van der Waals surface area contributed by atoms with Crippen LogP contribution >= 0.6 is 0 Å². The van der Waals surface area contributed by atoms with Crippen molar-refractivity contribution in [2.24, 2.45) is 0 Å². The minimum Gasteiger partial charge on any atom is -0.508 e. The number of alkyl halides is 1. The third kappa shape index (κ3) is 4.92. The van der Waals surface area contributed by atoms with E-state index in [0.717, 1.165) is 25.8 Å². The second kappa shape index (κ2) is 10.3. The molecule has 43 heavy (non-hydrogen) atoms. The molecule has 3 fully saturated rings. The van der Waals surface area contributed by atoms with Gasteiger partial charge in [-0.15, -0.1) is 6.42 Å². The van der Waals surface area contributed by atoms with Gasteiger partial charge in [-0.25, -0.2) is 13.8 Å². The molecule has 2 N–H and O–H groups in total. The molecule has 0 amide bonds. The zero-order valence-electron chi connectivity index (χ0n) is 24.1. The van der Waals surface area contributed by atoms with Crippen LogP contribution in [0.15, 0.2) is 30.6 Å². The van der Waals surface area contributed by atoms with Gasteiger partial charge in [-0.05, 0) is 68.3 Å². The highest BCUT2D eigenvalue weighted by atomic mass is 19.1. The van der Waals surface area contributed by atoms with E-state index in [1.807, 2.05) is 4.90 Å². The first-order chi connectivity index (χ1) is 20.6. The summed E-state index contributed by atoms with van der Waals surface area (Å²) in [6.07, 6.45) is 10.2. The maximum absolute atomic E-state index is 14.7. The SMILES string of the molecule is C#Cc1c(F)ccc2cc(O)cc(Cn3cnc4c(OC[C@@]56CCCN5C[C@H](F)C6)nc(N5CCCC(C)(O)C5)nc43)c12. The fourth-order valence-electron chi connectivity index (χ4n) is 7.27. The number of anilines is 1. The van der Waals surface area contributed by atoms with Gasteiger partial charge >= 0.3 is 0 Å². The first-order valence-corrected chi connectivity index (χ1v) is 14.8. The van der Waals surface area contributed by atoms with Crippen molar-refractivity contribution < 1.29 is 23.7 Å². The lowest BCUT2D eigenvalue weighted by Gasteiger charge is -2.37. The zero-order chi connectivity index (χ0) is 29.9. The number of hydrogen-bond donors (Lipinski definition) is 2. The molecule has 5 heterocycles. The number of terminal acetylenes is 1. The molecular formula is C32H34F2N6O3. The Balaban J connectivity index is 1.31. The first kappa shape index (κ1) is 27.8. The van der Waals surface area contributed by atoms with Gasteiger partial charge in [-0.1, -0.05) is 12.0 Å². The van der Waals surface area contributed by atoms with Crippen molar-refractivity contribution in [3.8, 4) is 24.0 Å². The maximum Gasteiger partial charge on any atom is 0.247 e. The molecule has 0 aliphatic carbocycles. The Morgan fingerprint density at radius 2 is 2.02 bits per heavy atom. The quantitative estimate of drug-likeness (QED) is 0.324. The number of piperidine rings is 1. The van der Waals surface area contributed by atoms with E-state index in [1.165, 1.54) is 6.07 Å². The molecule has 3 saturated heterocycles. The van der Waals surface area contributed by atoms with Crippen molar-refractivity contribution >= 4 is 27.9 Å². The molecule has 3 atom stereocenters. The van der Waals surface area contributed by atoms with Crippen LogP contribution in [0.1, 0.15) is 50.2 Å². The summed E-state index contributed by atoms with van der Waals surface area (Å²) in [6, 6.07) is 6.00. The average molecular weight is 589 g/mol. The van der Waals surface area contributed by atoms with Gasteiger partial charge in [0.25, 0.3) is 0 Å². The second-order valence-electron chi connectivity index (χ2n) is 12.5. The Hall–Kier alpha value is -4.01. The largest absolute Gasteiger partial charge is 0.508 e. The van der Waals surface area contributed by atoms with Gasteiger partial charge in [-0.2, -0.15) is 9.97 Å². The summed E-state index contributed by atoms with van der Waals surface area (Å²) in [4.78, 5) is 18.4. The minimum atomic E-state index is -0.892. The van der Waals surface area contributed by atoms with E-state index in [-0.39, 0.29) is 30.0 Å². The summed E-state index contributed by atoms with van der Waals surface area (Å²) in [7, 11) is 0. The highest BCUT2D eigenvalue weighted by molar-refractivity contribution is 5.92. The number of halogens is 2. The molecule has 2 aromatic carbocycles. The number of phenolic OH excluding ortho intramolecular Hbond substituents is 1. The number of rotatable bonds is 6. The summed E-state index contributed by atoms with van der Waals surface area (Å²) in [5.74, 6) is 2.67. The predicted molar refractivity (Wildman–Crippen MR) is 159 cm³/mol. The molecule has 1 unspecified atom stereocenters. The highest BCUT2D eigenvalue weighted by Crippen LogP contribution is 2.41. The minimum absolute atomic E-state index is 0.0273. The number of aliphatic hydroxyl groups is 1. The van der Waals surface area contributed by atoms with Crippen molar-refractivity contribution in [1.29, 1.82) is 0 Å². The van der Waals surface area contributed by atoms with Gasteiger partial charge in [0, 0.05) is 31.4 Å². The summed E-state index contributed by atoms with van der Waals surface area (Å²) in [5, 5.41) is 22.4. The number of fused-ring (bicyclic) bond motifs is 3. The molecule has 4 aromatic rings. The molecule has 2 aromatic heterocycles. The van der Waals surface area contributed by atoms with E-state index < -0.39 is 17.6 Å². The van der Waals surface area contributed by atoms with Crippen LogP contribution < -0.4 is 9.64 Å². The number of benzene rings is 2. The van der Waals surface area contributed by atoms with Crippen LogP contribution in [-0.4, -0.2) is 84.7 Å². The lowest BCUT2D eigenvalue weighted by atomic mass is 9.95. The van der Waals surface area contributed by atoms with E-state index >= 15 is 0 Å². The van der Waals surface area contributed by atoms with Gasteiger partial charge in [0.1, 0.15) is 24.3 Å². The Morgan fingerprint density at radius 3 is 2.84 bits per heavy atom. The normalized spacial score (nSPS) is 25.8. The van der Waals surface area contributed by atoms with Crippen LogP contribution in [-0.2, 0) is 6.54 Å². The number of ether oxygens (including phenoxy) is 1. The molecule has 0 radical (unpaired) electrons. The number of nitrogens with zero attached hydrogens (tertiary/aromatic N) is 6. The molecule has 9 nitrogen and oxygen atoms in total. The Kier molecular flexibility index (Phi) is 6.67. The van der Waals surface area contributed by atoms with Crippen molar-refractivity contribution in [2.75, 3.05) is 37.7 Å². The topological polar surface area (TPSA) is 99.8 Å². The fraction of sp³-hybridized carbons (Fsp3) is 0.469. The molecule has 3 aliphatic heterocycles. The van der Waals surface area contributed by atoms with Crippen molar-refractivity contribution in [2.45, 2.75) is 62.9 Å². The van der Waals surface area contributed by atoms with Gasteiger partial charge in [0.05, 0.1) is 29.6 Å². The van der Waals surface area contributed by atoms with E-state index in [2.05, 4.69) is 15.8 Å². The van der Waals surface area contributed by atoms with E-state index in [1.54, 1.807) is 36.0 Å². The summed E-state index contributed by atoms with van der Waals surface area (Å²) >= 11 is 0. The smallest absolute Gasteiger partial charge is 0.247 e. The summed E-state index contributed by atoms with van der Waals surface area (Å²) < 4.78 is 37.4. The van der Waals surface area contributed by atoms with Crippen LogP contribution in [0.5, 0.6) is 11.6 Å². The standard InChI is InChI=1S/C32H34F2N6O3/c1-3-24-25(34)7-6-20-12-23(41)13-21(26(20)24)15-39-19-35-27-28(39)36-30(38-10-4-8-31(2,42)17-38)37-29(27)43-18-32-9-5-11-40(32)16-22(33)14-32/h1,6-7,12-13,19,22,41-42H,4-5,8-11,14-18H2,2H3/t22-,31?,32+/m1/s1. The van der Waals surface area contributed by atoms with E-state index in [0.29, 0.717) is 71.8 Å². The Bertz CT molecular complexity index is 1770. The highest BCUT2D eigenvalue weighted by Gasteiger charge is 2.49. The van der Waals surface area contributed by atoms with Crippen LogP contribution in [0.2, 0.25) is 0 Å². The van der Waals surface area contributed by atoms with Crippen LogP contribution in [0.25, 0.3) is 21.9 Å². The summed E-state index contributed by atoms with van der Waals surface area (Å²) in [6.45, 7) is 4.57. The summed E-state index contributed by atoms with van der Waals surface area (Å²) in [5.41, 5.74) is 0.384. The lowest BCUT2D eigenvalue weighted by Crippen LogP contribution is -2.47. The molecule has 3 aliphatic rings. The third-order valence-electron chi connectivity index (χ3n) is 9.23. The monoisotopic (exact) mass is 588 g/mol. The fourth-order valence-corrected chi connectivity index (χ4v) is 7.27. The number of aromatic nitrogens is 4. The molecule has 0 spiro atoms. The van der Waals surface area contributed by atoms with Gasteiger partial charge in [0.15, 0.2) is 11.2 Å². The van der Waals surface area contributed by atoms with Crippen LogP contribution in [0.4, 0.5) is 14.7 Å². The molecule has 11 heteroatoms. The average Bonchev–Trinajstić information content (AvgIpc) is 3.63. The van der Waals surface area contributed by atoms with Gasteiger partial charge in [0.2, 0.25) is 11.8 Å². The molecular weight excluding hydrogens is 554 g/mol. The van der Waals surface area contributed by atoms with E-state index in [9.17, 15) is 19.0 Å². The Labute approximate surface area is 248 Å². The molecule has 7 rings (SSSR count). The number of hydrogen-bond acceptors (Lipinski definition) is 8. The predicted octanol–water partition coefficient (Wildman–Crippen LogP) is 4.16. The lowest BCUT2D eigenvalue weighted by molar-refractivity contribution is 0.0444. The molecule has 0 bridgehead atoms. The number of imidazole rings is 1. The molecule has 0 saturated carbocycles. The maximum atomic E-state index is 14.7. The number of phenols is 1. The van der Waals surface area contributed by atoms with Crippen molar-refractivity contribution in [1.82, 2.24) is 24.4 Å². The first-order valence-electron chi connectivity index (χ1n) is 14.8. The van der Waals surface area contributed by atoms with Crippen molar-refractivity contribution in [3.63, 3.8) is 0 Å².